The average molecular weight is 378 g/mol. The van der Waals surface area contributed by atoms with E-state index < -0.39 is 0 Å². The first-order chi connectivity index (χ1) is 12.6. The van der Waals surface area contributed by atoms with Crippen molar-refractivity contribution in [3.63, 3.8) is 0 Å². The molecule has 3 heterocycles. The average Bonchev–Trinajstić information content (AvgIpc) is 3.17. The first-order valence-electron chi connectivity index (χ1n) is 7.52. The van der Waals surface area contributed by atoms with Crippen molar-refractivity contribution >= 4 is 51.3 Å². The molecule has 7 heteroatoms. The summed E-state index contributed by atoms with van der Waals surface area (Å²) in [5, 5.41) is 13.1. The normalized spacial score (nSPS) is 15.2. The van der Waals surface area contributed by atoms with Gasteiger partial charge in [-0.1, -0.05) is 48.0 Å². The monoisotopic (exact) mass is 378 g/mol. The zero-order chi connectivity index (χ0) is 18.1. The van der Waals surface area contributed by atoms with Gasteiger partial charge in [-0.05, 0) is 18.2 Å². The van der Waals surface area contributed by atoms with Crippen molar-refractivity contribution in [3.8, 4) is 17.6 Å². The molecule has 5 nitrogen and oxygen atoms in total. The smallest absolute Gasteiger partial charge is 0.263 e. The molecule has 2 N–H and O–H groups in total. The minimum atomic E-state index is -0.238. The molecule has 0 spiro atoms. The van der Waals surface area contributed by atoms with Crippen LogP contribution in [0.3, 0.4) is 0 Å². The summed E-state index contributed by atoms with van der Waals surface area (Å²) in [7, 11) is 0. The van der Waals surface area contributed by atoms with Gasteiger partial charge in [0.2, 0.25) is 0 Å². The van der Waals surface area contributed by atoms with E-state index in [2.05, 4.69) is 22.1 Å². The Kier molecular flexibility index (Phi) is 4.21. The van der Waals surface area contributed by atoms with Crippen LogP contribution in [-0.4, -0.2) is 20.3 Å². The van der Waals surface area contributed by atoms with Gasteiger partial charge in [0.05, 0.1) is 16.0 Å². The Morgan fingerprint density at radius 2 is 2.04 bits per heavy atom. The van der Waals surface area contributed by atoms with Crippen LogP contribution in [0.1, 0.15) is 16.9 Å². The lowest BCUT2D eigenvalue weighted by atomic mass is 10.1. The number of nitrogens with zero attached hydrogens (tertiary/aromatic N) is 1. The number of furan rings is 1. The predicted molar refractivity (Wildman–Crippen MR) is 104 cm³/mol. The van der Waals surface area contributed by atoms with Crippen LogP contribution in [0.4, 0.5) is 0 Å². The highest BCUT2D eigenvalue weighted by Gasteiger charge is 2.22. The Bertz CT molecular complexity index is 1150. The number of carbonyl (C=O) groups excluding carboxylic acids is 1. The van der Waals surface area contributed by atoms with Gasteiger partial charge < -0.3 is 14.8 Å². The number of phenolic OH excluding ortho intramolecular Hbond substituents is 1. The van der Waals surface area contributed by atoms with Gasteiger partial charge in [-0.15, -0.1) is 0 Å². The van der Waals surface area contributed by atoms with Gasteiger partial charge in [-0.3, -0.25) is 9.78 Å². The van der Waals surface area contributed by atoms with Crippen LogP contribution in [0, 0.1) is 11.8 Å². The third-order valence-electron chi connectivity index (χ3n) is 3.59. The number of thioether (sulfide) groups is 1. The van der Waals surface area contributed by atoms with Gasteiger partial charge in [-0.2, -0.15) is 0 Å². The first kappa shape index (κ1) is 16.4. The third kappa shape index (κ3) is 3.20. The summed E-state index contributed by atoms with van der Waals surface area (Å²) in [5.41, 5.74) is 1.68. The van der Waals surface area contributed by atoms with E-state index in [1.165, 1.54) is 11.8 Å². The van der Waals surface area contributed by atoms with Gasteiger partial charge in [0.15, 0.2) is 5.58 Å². The van der Waals surface area contributed by atoms with Gasteiger partial charge in [-0.25, -0.2) is 0 Å². The van der Waals surface area contributed by atoms with Crippen molar-refractivity contribution in [1.29, 1.82) is 0 Å². The molecule has 3 aromatic rings. The van der Waals surface area contributed by atoms with E-state index in [1.54, 1.807) is 48.8 Å². The highest BCUT2D eigenvalue weighted by molar-refractivity contribution is 8.26. The molecular weight excluding hydrogens is 368 g/mol. The third-order valence-corrected chi connectivity index (χ3v) is 4.76. The number of aromatic nitrogens is 1. The molecule has 0 atom stereocenters. The summed E-state index contributed by atoms with van der Waals surface area (Å²) in [4.78, 5) is 16.4. The van der Waals surface area contributed by atoms with Gasteiger partial charge in [0.1, 0.15) is 15.8 Å². The highest BCUT2D eigenvalue weighted by Crippen LogP contribution is 2.29. The Morgan fingerprint density at radius 1 is 1.23 bits per heavy atom. The summed E-state index contributed by atoms with van der Waals surface area (Å²) < 4.78 is 6.27. The molecule has 2 aromatic heterocycles. The molecule has 0 unspecified atom stereocenters. The molecule has 1 aromatic carbocycles. The first-order valence-corrected chi connectivity index (χ1v) is 8.75. The summed E-state index contributed by atoms with van der Waals surface area (Å²) >= 11 is 6.17. The number of fused-ring (bicyclic) bond motifs is 1. The fourth-order valence-electron chi connectivity index (χ4n) is 2.41. The van der Waals surface area contributed by atoms with Crippen LogP contribution in [0.25, 0.3) is 17.0 Å². The molecule has 1 aliphatic rings. The zero-order valence-corrected chi connectivity index (χ0v) is 14.8. The number of amides is 1. The second-order valence-electron chi connectivity index (χ2n) is 5.37. The Hall–Kier alpha value is -3.08. The number of rotatable bonds is 1. The Balaban J connectivity index is 1.73. The van der Waals surface area contributed by atoms with Crippen molar-refractivity contribution in [2.75, 3.05) is 0 Å². The topological polar surface area (TPSA) is 75.4 Å². The van der Waals surface area contributed by atoms with E-state index in [0.29, 0.717) is 31.7 Å². The molecule has 1 saturated heterocycles. The fourth-order valence-corrected chi connectivity index (χ4v) is 3.43. The maximum Gasteiger partial charge on any atom is 0.263 e. The Labute approximate surface area is 158 Å². The molecule has 4 rings (SSSR count). The summed E-state index contributed by atoms with van der Waals surface area (Å²) in [6, 6.07) is 8.63. The Morgan fingerprint density at radius 3 is 2.81 bits per heavy atom. The second-order valence-corrected chi connectivity index (χ2v) is 7.09. The number of benzene rings is 1. The lowest BCUT2D eigenvalue weighted by Crippen LogP contribution is -2.17. The van der Waals surface area contributed by atoms with Crippen LogP contribution in [0.15, 0.2) is 52.0 Å². The van der Waals surface area contributed by atoms with Crippen LogP contribution in [-0.2, 0) is 4.79 Å². The van der Waals surface area contributed by atoms with Crippen LogP contribution >= 0.6 is 24.0 Å². The lowest BCUT2D eigenvalue weighted by Gasteiger charge is -1.95. The number of para-hydroxylation sites is 1. The van der Waals surface area contributed by atoms with Crippen LogP contribution in [0.2, 0.25) is 0 Å². The molecule has 1 aliphatic heterocycles. The van der Waals surface area contributed by atoms with Crippen molar-refractivity contribution in [1.82, 2.24) is 10.3 Å². The van der Waals surface area contributed by atoms with Crippen molar-refractivity contribution in [2.45, 2.75) is 0 Å². The number of phenols is 1. The molecule has 0 radical (unpaired) electrons. The highest BCUT2D eigenvalue weighted by atomic mass is 32.2. The number of hydrogen-bond acceptors (Lipinski definition) is 6. The molecule has 0 bridgehead atoms. The number of pyridine rings is 1. The largest absolute Gasteiger partial charge is 0.507 e. The molecule has 0 saturated carbocycles. The van der Waals surface area contributed by atoms with Gasteiger partial charge in [0.25, 0.3) is 5.91 Å². The van der Waals surface area contributed by atoms with Gasteiger partial charge in [0, 0.05) is 23.9 Å². The van der Waals surface area contributed by atoms with Gasteiger partial charge >= 0.3 is 0 Å². The number of thiocarbonyl (C=S) groups is 1. The zero-order valence-electron chi connectivity index (χ0n) is 13.1. The predicted octanol–water partition coefficient (Wildman–Crippen LogP) is 3.42. The van der Waals surface area contributed by atoms with Crippen LogP contribution < -0.4 is 5.32 Å². The molecular formula is C19H10N2O3S2. The molecule has 126 valence electrons. The minimum Gasteiger partial charge on any atom is -0.507 e. The number of hydrogen-bond donors (Lipinski definition) is 2. The van der Waals surface area contributed by atoms with E-state index >= 15 is 0 Å². The standard InChI is InChI=1S/C19H10N2O3S2/c22-15-4-2-1-3-11(15)5-6-12-9-20-10-13-7-14(24-17(12)13)8-16-18(23)21-19(25)26-16/h1-4,7-10,22H,(H,21,23,25)/b16-8-. The van der Waals surface area contributed by atoms with E-state index in [9.17, 15) is 9.90 Å². The molecule has 1 fully saturated rings. The number of carbonyl (C=O) groups is 1. The second kappa shape index (κ2) is 6.67. The number of aromatic hydroxyl groups is 1. The SMILES string of the molecule is O=C1NC(=S)S/C1=C\c1cc2cncc(C#Cc3ccccc3O)c2o1. The summed E-state index contributed by atoms with van der Waals surface area (Å²) in [5.74, 6) is 6.28. The minimum absolute atomic E-state index is 0.116. The molecule has 0 aliphatic carbocycles. The van der Waals surface area contributed by atoms with Crippen molar-refractivity contribution < 1.29 is 14.3 Å². The van der Waals surface area contributed by atoms with E-state index in [1.807, 2.05) is 0 Å². The van der Waals surface area contributed by atoms with E-state index in [-0.39, 0.29) is 11.7 Å². The quantitative estimate of drug-likeness (QED) is 0.384. The maximum atomic E-state index is 11.8. The van der Waals surface area contributed by atoms with E-state index in [0.717, 1.165) is 5.39 Å². The maximum absolute atomic E-state index is 11.8. The summed E-state index contributed by atoms with van der Waals surface area (Å²) in [6.07, 6.45) is 4.90. The van der Waals surface area contributed by atoms with Crippen LogP contribution in [0.5, 0.6) is 5.75 Å². The van der Waals surface area contributed by atoms with Crippen molar-refractivity contribution in [2.24, 2.45) is 0 Å². The summed E-state index contributed by atoms with van der Waals surface area (Å²) in [6.45, 7) is 0. The number of nitrogens with one attached hydrogen (secondary N) is 1. The molecule has 1 amide bonds. The molecule has 26 heavy (non-hydrogen) atoms. The lowest BCUT2D eigenvalue weighted by molar-refractivity contribution is -0.115. The fraction of sp³-hybridized carbons (Fsp3) is 0. The van der Waals surface area contributed by atoms with E-state index in [4.69, 9.17) is 16.6 Å². The van der Waals surface area contributed by atoms with Crippen molar-refractivity contribution in [3.05, 3.63) is 64.5 Å².